The van der Waals surface area contributed by atoms with E-state index in [1.807, 2.05) is 54.9 Å². The van der Waals surface area contributed by atoms with Gasteiger partial charge in [0.15, 0.2) is 0 Å². The van der Waals surface area contributed by atoms with E-state index >= 15 is 0 Å². The number of carbonyl (C=O) groups excluding carboxylic acids is 1. The molecule has 7 nitrogen and oxygen atoms in total. The number of thiophene rings is 1. The van der Waals surface area contributed by atoms with Gasteiger partial charge in [-0.1, -0.05) is 12.1 Å². The van der Waals surface area contributed by atoms with Gasteiger partial charge in [-0.15, -0.1) is 11.3 Å². The standard InChI is InChI=1S/C27H23N5O2S/c1-16-3-2-4-23(32-16)26-25(30-15-31-26)18-5-6-22-19(7-18)8-20(12-29-22)21-9-24(35-14-21)27(33)34-13-17-10-28-11-17/h2-9,12,14-15,17,28H,10-11,13H2,1H3,(H,30,31). The Morgan fingerprint density at radius 1 is 1.09 bits per heavy atom. The Bertz CT molecular complexity index is 1540. The second-order valence-electron chi connectivity index (χ2n) is 8.74. The fraction of sp³-hybridized carbons (Fsp3) is 0.185. The molecule has 0 aliphatic carbocycles. The van der Waals surface area contributed by atoms with Gasteiger partial charge in [0, 0.05) is 47.4 Å². The second kappa shape index (κ2) is 9.05. The van der Waals surface area contributed by atoms with Crippen LogP contribution in [0.3, 0.4) is 0 Å². The number of fused-ring (bicyclic) bond motifs is 1. The number of hydrogen-bond donors (Lipinski definition) is 2. The summed E-state index contributed by atoms with van der Waals surface area (Å²) in [6, 6.07) is 16.1. The average Bonchev–Trinajstić information content (AvgIpc) is 3.53. The molecule has 35 heavy (non-hydrogen) atoms. The fourth-order valence-corrected chi connectivity index (χ4v) is 4.96. The lowest BCUT2D eigenvalue weighted by Gasteiger charge is -2.26. The van der Waals surface area contributed by atoms with E-state index in [4.69, 9.17) is 4.74 Å². The predicted octanol–water partition coefficient (Wildman–Crippen LogP) is 5.10. The molecule has 1 fully saturated rings. The van der Waals surface area contributed by atoms with Crippen LogP contribution in [-0.2, 0) is 4.74 Å². The molecule has 4 aromatic heterocycles. The molecule has 0 unspecified atom stereocenters. The number of carbonyl (C=O) groups is 1. The number of nitrogens with zero attached hydrogens (tertiary/aromatic N) is 3. The van der Waals surface area contributed by atoms with Crippen LogP contribution < -0.4 is 5.32 Å². The van der Waals surface area contributed by atoms with E-state index in [2.05, 4.69) is 37.4 Å². The van der Waals surface area contributed by atoms with E-state index in [1.165, 1.54) is 11.3 Å². The molecular formula is C27H23N5O2S. The van der Waals surface area contributed by atoms with Crippen LogP contribution in [0.2, 0.25) is 0 Å². The van der Waals surface area contributed by atoms with E-state index in [0.717, 1.165) is 63.5 Å². The van der Waals surface area contributed by atoms with Gasteiger partial charge in [-0.25, -0.2) is 9.78 Å². The zero-order chi connectivity index (χ0) is 23.8. The number of imidazole rings is 1. The lowest BCUT2D eigenvalue weighted by atomic mass is 10.0. The highest BCUT2D eigenvalue weighted by atomic mass is 32.1. The van der Waals surface area contributed by atoms with Crippen LogP contribution in [0.5, 0.6) is 0 Å². The number of ether oxygens (including phenoxy) is 1. The van der Waals surface area contributed by atoms with Crippen molar-refractivity contribution in [3.8, 4) is 33.8 Å². The molecule has 1 saturated heterocycles. The molecule has 2 N–H and O–H groups in total. The third-order valence-corrected chi connectivity index (χ3v) is 7.10. The average molecular weight is 482 g/mol. The van der Waals surface area contributed by atoms with Crippen molar-refractivity contribution in [2.24, 2.45) is 5.92 Å². The zero-order valence-electron chi connectivity index (χ0n) is 19.1. The van der Waals surface area contributed by atoms with Gasteiger partial charge < -0.3 is 15.0 Å². The number of aromatic nitrogens is 4. The minimum atomic E-state index is -0.264. The van der Waals surface area contributed by atoms with Crippen molar-refractivity contribution in [1.82, 2.24) is 25.3 Å². The minimum Gasteiger partial charge on any atom is -0.461 e. The third kappa shape index (κ3) is 4.34. The first-order valence-corrected chi connectivity index (χ1v) is 12.4. The molecule has 5 aromatic rings. The Hall–Kier alpha value is -3.88. The third-order valence-electron chi connectivity index (χ3n) is 6.19. The van der Waals surface area contributed by atoms with E-state index in [-0.39, 0.29) is 5.97 Å². The number of aromatic amines is 1. The normalized spacial score (nSPS) is 13.6. The molecule has 8 heteroatoms. The molecule has 0 bridgehead atoms. The van der Waals surface area contributed by atoms with Crippen LogP contribution in [0, 0.1) is 12.8 Å². The summed E-state index contributed by atoms with van der Waals surface area (Å²) in [6.45, 7) is 4.26. The zero-order valence-corrected chi connectivity index (χ0v) is 19.9. The number of esters is 1. The molecule has 1 aliphatic heterocycles. The lowest BCUT2D eigenvalue weighted by molar-refractivity contribution is 0.0403. The summed E-state index contributed by atoms with van der Waals surface area (Å²) in [6.07, 6.45) is 3.54. The molecule has 1 aromatic carbocycles. The monoisotopic (exact) mass is 481 g/mol. The van der Waals surface area contributed by atoms with Gasteiger partial charge in [0.05, 0.1) is 35.5 Å². The van der Waals surface area contributed by atoms with Gasteiger partial charge in [0.1, 0.15) is 4.88 Å². The highest BCUT2D eigenvalue weighted by molar-refractivity contribution is 7.12. The maximum absolute atomic E-state index is 12.4. The molecule has 0 spiro atoms. The van der Waals surface area contributed by atoms with Crippen LogP contribution >= 0.6 is 11.3 Å². The van der Waals surface area contributed by atoms with Crippen molar-refractivity contribution < 1.29 is 9.53 Å². The summed E-state index contributed by atoms with van der Waals surface area (Å²) in [5, 5.41) is 6.16. The van der Waals surface area contributed by atoms with Gasteiger partial charge in [0.25, 0.3) is 0 Å². The second-order valence-corrected chi connectivity index (χ2v) is 9.66. The SMILES string of the molecule is Cc1cccc(-c2[nH]cnc2-c2ccc3ncc(-c4csc(C(=O)OCC5CNC5)c4)cc3c2)n1. The van der Waals surface area contributed by atoms with Gasteiger partial charge in [-0.3, -0.25) is 9.97 Å². The number of aryl methyl sites for hydroxylation is 1. The van der Waals surface area contributed by atoms with E-state index in [9.17, 15) is 4.79 Å². The van der Waals surface area contributed by atoms with Crippen LogP contribution in [0.25, 0.3) is 44.7 Å². The highest BCUT2D eigenvalue weighted by Crippen LogP contribution is 2.32. The van der Waals surface area contributed by atoms with Crippen LogP contribution in [0.4, 0.5) is 0 Å². The lowest BCUT2D eigenvalue weighted by Crippen LogP contribution is -2.44. The molecule has 0 saturated carbocycles. The van der Waals surface area contributed by atoms with E-state index in [1.54, 1.807) is 6.33 Å². The van der Waals surface area contributed by atoms with E-state index in [0.29, 0.717) is 17.4 Å². The molecule has 174 valence electrons. The summed E-state index contributed by atoms with van der Waals surface area (Å²) < 4.78 is 5.46. The summed E-state index contributed by atoms with van der Waals surface area (Å²) in [5.41, 5.74) is 7.33. The summed E-state index contributed by atoms with van der Waals surface area (Å²) >= 11 is 1.40. The number of rotatable bonds is 6. The molecular weight excluding hydrogens is 458 g/mol. The number of nitrogens with one attached hydrogen (secondary N) is 2. The predicted molar refractivity (Wildman–Crippen MR) is 137 cm³/mol. The van der Waals surface area contributed by atoms with Crippen molar-refractivity contribution in [1.29, 1.82) is 0 Å². The maximum Gasteiger partial charge on any atom is 0.348 e. The first-order valence-electron chi connectivity index (χ1n) is 11.5. The number of benzene rings is 1. The minimum absolute atomic E-state index is 0.264. The van der Waals surface area contributed by atoms with Gasteiger partial charge in [0.2, 0.25) is 0 Å². The van der Waals surface area contributed by atoms with Crippen LogP contribution in [0.15, 0.2) is 66.4 Å². The van der Waals surface area contributed by atoms with Gasteiger partial charge in [-0.2, -0.15) is 0 Å². The largest absolute Gasteiger partial charge is 0.461 e. The molecule has 0 atom stereocenters. The Morgan fingerprint density at radius 3 is 2.80 bits per heavy atom. The first kappa shape index (κ1) is 21.6. The van der Waals surface area contributed by atoms with Crippen LogP contribution in [0.1, 0.15) is 15.4 Å². The Balaban J connectivity index is 1.29. The molecule has 0 radical (unpaired) electrons. The van der Waals surface area contributed by atoms with Gasteiger partial charge in [-0.05, 0) is 54.3 Å². The van der Waals surface area contributed by atoms with Crippen molar-refractivity contribution in [3.63, 3.8) is 0 Å². The Morgan fingerprint density at radius 2 is 1.97 bits per heavy atom. The van der Waals surface area contributed by atoms with Crippen LogP contribution in [-0.4, -0.2) is 45.6 Å². The van der Waals surface area contributed by atoms with Crippen molar-refractivity contribution in [2.75, 3.05) is 19.7 Å². The fourth-order valence-electron chi connectivity index (χ4n) is 4.15. The molecule has 1 aliphatic rings. The Labute approximate surface area is 206 Å². The number of hydrogen-bond acceptors (Lipinski definition) is 7. The summed E-state index contributed by atoms with van der Waals surface area (Å²) in [7, 11) is 0. The van der Waals surface area contributed by atoms with Gasteiger partial charge >= 0.3 is 5.97 Å². The quantitative estimate of drug-likeness (QED) is 0.328. The van der Waals surface area contributed by atoms with E-state index < -0.39 is 0 Å². The summed E-state index contributed by atoms with van der Waals surface area (Å²) in [4.78, 5) is 30.1. The molecule has 6 rings (SSSR count). The summed E-state index contributed by atoms with van der Waals surface area (Å²) in [5.74, 6) is 0.161. The topological polar surface area (TPSA) is 92.8 Å². The first-order chi connectivity index (χ1) is 17.1. The van der Waals surface area contributed by atoms with Crippen molar-refractivity contribution in [3.05, 3.63) is 77.0 Å². The maximum atomic E-state index is 12.4. The highest BCUT2D eigenvalue weighted by Gasteiger charge is 2.20. The number of pyridine rings is 2. The van der Waals surface area contributed by atoms with Crippen molar-refractivity contribution >= 4 is 28.2 Å². The molecule has 0 amide bonds. The Kier molecular flexibility index (Phi) is 5.60. The van der Waals surface area contributed by atoms with Crippen molar-refractivity contribution in [2.45, 2.75) is 6.92 Å². The molecule has 5 heterocycles. The smallest absolute Gasteiger partial charge is 0.348 e. The number of H-pyrrole nitrogens is 1.